The van der Waals surface area contributed by atoms with E-state index < -0.39 is 23.7 Å². The van der Waals surface area contributed by atoms with E-state index in [2.05, 4.69) is 15.4 Å². The van der Waals surface area contributed by atoms with Crippen LogP contribution in [0.25, 0.3) is 5.82 Å². The van der Waals surface area contributed by atoms with Crippen molar-refractivity contribution in [3.05, 3.63) is 65.6 Å². The van der Waals surface area contributed by atoms with E-state index in [1.807, 2.05) is 0 Å². The van der Waals surface area contributed by atoms with Crippen LogP contribution >= 0.6 is 0 Å². The molecule has 3 heterocycles. The van der Waals surface area contributed by atoms with Gasteiger partial charge in [0.05, 0.1) is 29.6 Å². The summed E-state index contributed by atoms with van der Waals surface area (Å²) in [6.45, 7) is 2.33. The van der Waals surface area contributed by atoms with Crippen LogP contribution in [0.1, 0.15) is 21.6 Å². The van der Waals surface area contributed by atoms with Gasteiger partial charge >= 0.3 is 12.3 Å². The third-order valence-electron chi connectivity index (χ3n) is 4.72. The number of rotatable bonds is 4. The normalized spacial score (nSPS) is 13.9. The topological polar surface area (TPSA) is 89.4 Å². The van der Waals surface area contributed by atoms with Gasteiger partial charge in [-0.05, 0) is 37.3 Å². The lowest BCUT2D eigenvalue weighted by molar-refractivity contribution is -0.137. The van der Waals surface area contributed by atoms with Crippen LogP contribution in [0.5, 0.6) is 0 Å². The second-order valence-electron chi connectivity index (χ2n) is 6.73. The van der Waals surface area contributed by atoms with Gasteiger partial charge in [-0.15, -0.1) is 0 Å². The first-order chi connectivity index (χ1) is 14.7. The zero-order valence-corrected chi connectivity index (χ0v) is 16.2. The van der Waals surface area contributed by atoms with Gasteiger partial charge in [0.1, 0.15) is 6.61 Å². The minimum atomic E-state index is -4.49. The Kier molecular flexibility index (Phi) is 5.09. The van der Waals surface area contributed by atoms with Crippen LogP contribution in [0.2, 0.25) is 0 Å². The molecule has 0 atom stereocenters. The van der Waals surface area contributed by atoms with Crippen LogP contribution in [0.15, 0.2) is 48.8 Å². The molecule has 0 bridgehead atoms. The number of cyclic esters (lactones) is 1. The number of nitrogens with one attached hydrogen (secondary N) is 1. The van der Waals surface area contributed by atoms with E-state index in [0.29, 0.717) is 36.4 Å². The van der Waals surface area contributed by atoms with Gasteiger partial charge in [-0.1, -0.05) is 6.07 Å². The lowest BCUT2D eigenvalue weighted by atomic mass is 10.2. The number of aromatic nitrogens is 3. The van der Waals surface area contributed by atoms with Gasteiger partial charge in [0, 0.05) is 17.6 Å². The number of benzene rings is 1. The number of hydrogen-bond acceptors (Lipinski definition) is 5. The number of alkyl halides is 3. The highest BCUT2D eigenvalue weighted by atomic mass is 19.4. The summed E-state index contributed by atoms with van der Waals surface area (Å²) in [7, 11) is 0. The average Bonchev–Trinajstić information content (AvgIpc) is 3.33. The minimum Gasteiger partial charge on any atom is -0.447 e. The Labute approximate surface area is 174 Å². The Balaban J connectivity index is 1.53. The largest absolute Gasteiger partial charge is 0.447 e. The van der Waals surface area contributed by atoms with E-state index in [1.54, 1.807) is 31.2 Å². The molecule has 2 aromatic heterocycles. The van der Waals surface area contributed by atoms with E-state index in [9.17, 15) is 22.8 Å². The molecule has 160 valence electrons. The number of hydrogen-bond donors (Lipinski definition) is 1. The third-order valence-corrected chi connectivity index (χ3v) is 4.72. The summed E-state index contributed by atoms with van der Waals surface area (Å²) < 4.78 is 44.4. The Morgan fingerprint density at radius 3 is 2.65 bits per heavy atom. The van der Waals surface area contributed by atoms with Gasteiger partial charge in [-0.3, -0.25) is 9.69 Å². The number of carbonyl (C=O) groups excluding carboxylic acids is 2. The maximum absolute atomic E-state index is 12.7. The van der Waals surface area contributed by atoms with E-state index in [1.165, 1.54) is 21.8 Å². The Morgan fingerprint density at radius 1 is 1.19 bits per heavy atom. The molecule has 0 saturated carbocycles. The zero-order valence-electron chi connectivity index (χ0n) is 16.2. The summed E-state index contributed by atoms with van der Waals surface area (Å²) in [6, 6.07) is 8.81. The van der Waals surface area contributed by atoms with Gasteiger partial charge in [-0.2, -0.15) is 18.3 Å². The maximum Gasteiger partial charge on any atom is 0.417 e. The lowest BCUT2D eigenvalue weighted by Gasteiger charge is -2.14. The highest BCUT2D eigenvalue weighted by Crippen LogP contribution is 2.29. The Bertz CT molecular complexity index is 1140. The SMILES string of the molecule is Cc1c(C(=O)Nc2cccc(N3CCOC3=O)c2)cnn1-c1ccc(C(F)(F)F)cn1. The fraction of sp³-hybridized carbons (Fsp3) is 0.200. The van der Waals surface area contributed by atoms with Crippen LogP contribution in [-0.4, -0.2) is 39.9 Å². The first-order valence-electron chi connectivity index (χ1n) is 9.18. The molecule has 0 aliphatic carbocycles. The van der Waals surface area contributed by atoms with Crippen molar-refractivity contribution in [3.8, 4) is 5.82 Å². The number of halogens is 3. The van der Waals surface area contributed by atoms with Gasteiger partial charge in [0.2, 0.25) is 0 Å². The average molecular weight is 431 g/mol. The van der Waals surface area contributed by atoms with E-state index in [0.717, 1.165) is 6.07 Å². The van der Waals surface area contributed by atoms with Crippen molar-refractivity contribution in [2.45, 2.75) is 13.1 Å². The van der Waals surface area contributed by atoms with Crippen LogP contribution in [-0.2, 0) is 10.9 Å². The predicted octanol–water partition coefficient (Wildman–Crippen LogP) is 3.80. The van der Waals surface area contributed by atoms with Crippen molar-refractivity contribution in [1.29, 1.82) is 0 Å². The second-order valence-corrected chi connectivity index (χ2v) is 6.73. The fourth-order valence-electron chi connectivity index (χ4n) is 3.12. The number of ether oxygens (including phenoxy) is 1. The quantitative estimate of drug-likeness (QED) is 0.679. The molecule has 11 heteroatoms. The number of pyridine rings is 1. The van der Waals surface area contributed by atoms with Gasteiger partial charge in [-0.25, -0.2) is 14.5 Å². The molecule has 2 amide bonds. The van der Waals surface area contributed by atoms with Crippen LogP contribution in [0, 0.1) is 6.92 Å². The number of amides is 2. The number of carbonyl (C=O) groups is 2. The first-order valence-corrected chi connectivity index (χ1v) is 9.18. The van der Waals surface area contributed by atoms with Crippen molar-refractivity contribution in [2.24, 2.45) is 0 Å². The molecule has 1 N–H and O–H groups in total. The summed E-state index contributed by atoms with van der Waals surface area (Å²) in [6.07, 6.45) is -2.92. The molecule has 1 aliphatic rings. The van der Waals surface area contributed by atoms with Crippen LogP contribution in [0.3, 0.4) is 0 Å². The van der Waals surface area contributed by atoms with Crippen molar-refractivity contribution in [2.75, 3.05) is 23.4 Å². The molecule has 8 nitrogen and oxygen atoms in total. The third kappa shape index (κ3) is 4.06. The second kappa shape index (κ2) is 7.74. The van der Waals surface area contributed by atoms with Gasteiger partial charge < -0.3 is 10.1 Å². The van der Waals surface area contributed by atoms with E-state index >= 15 is 0 Å². The molecule has 0 radical (unpaired) electrons. The monoisotopic (exact) mass is 431 g/mol. The summed E-state index contributed by atoms with van der Waals surface area (Å²) >= 11 is 0. The standard InChI is InChI=1S/C20H16F3N5O3/c1-12-16(11-25-28(12)17-6-5-13(10-24-17)20(21,22)23)18(29)26-14-3-2-4-15(9-14)27-7-8-31-19(27)30/h2-6,9-11H,7-8H2,1H3,(H,26,29). The van der Waals surface area contributed by atoms with Crippen LogP contribution in [0.4, 0.5) is 29.3 Å². The summed E-state index contributed by atoms with van der Waals surface area (Å²) in [4.78, 5) is 29.7. The summed E-state index contributed by atoms with van der Waals surface area (Å²) in [5.74, 6) is -0.309. The lowest BCUT2D eigenvalue weighted by Crippen LogP contribution is -2.23. The first kappa shape index (κ1) is 20.4. The minimum absolute atomic E-state index is 0.152. The Morgan fingerprint density at radius 2 is 2.00 bits per heavy atom. The van der Waals surface area contributed by atoms with Crippen molar-refractivity contribution >= 4 is 23.4 Å². The summed E-state index contributed by atoms with van der Waals surface area (Å²) in [5, 5.41) is 6.81. The number of anilines is 2. The van der Waals surface area contributed by atoms with Crippen molar-refractivity contribution in [1.82, 2.24) is 14.8 Å². The molecule has 1 aliphatic heterocycles. The van der Waals surface area contributed by atoms with E-state index in [-0.39, 0.29) is 11.4 Å². The van der Waals surface area contributed by atoms with Gasteiger partial charge in [0.25, 0.3) is 5.91 Å². The van der Waals surface area contributed by atoms with Crippen molar-refractivity contribution < 1.29 is 27.5 Å². The highest BCUT2D eigenvalue weighted by molar-refractivity contribution is 6.05. The van der Waals surface area contributed by atoms with E-state index in [4.69, 9.17) is 4.74 Å². The molecule has 3 aromatic rings. The summed E-state index contributed by atoms with van der Waals surface area (Å²) in [5.41, 5.74) is 0.807. The molecular weight excluding hydrogens is 415 g/mol. The number of nitrogens with zero attached hydrogens (tertiary/aromatic N) is 4. The molecule has 1 aromatic carbocycles. The van der Waals surface area contributed by atoms with Crippen LogP contribution < -0.4 is 10.2 Å². The fourth-order valence-corrected chi connectivity index (χ4v) is 3.12. The maximum atomic E-state index is 12.7. The molecular formula is C20H16F3N5O3. The molecule has 0 spiro atoms. The Hall–Kier alpha value is -3.89. The molecule has 0 unspecified atom stereocenters. The van der Waals surface area contributed by atoms with Gasteiger partial charge in [0.15, 0.2) is 5.82 Å². The molecule has 1 saturated heterocycles. The smallest absolute Gasteiger partial charge is 0.417 e. The van der Waals surface area contributed by atoms with Crippen molar-refractivity contribution in [3.63, 3.8) is 0 Å². The molecule has 31 heavy (non-hydrogen) atoms. The predicted molar refractivity (Wildman–Crippen MR) is 104 cm³/mol. The molecule has 1 fully saturated rings. The molecule has 4 rings (SSSR count). The zero-order chi connectivity index (χ0) is 22.2. The highest BCUT2D eigenvalue weighted by Gasteiger charge is 2.31.